The molecule has 1 aliphatic heterocycles. The van der Waals surface area contributed by atoms with E-state index in [-0.39, 0.29) is 6.42 Å². The lowest BCUT2D eigenvalue weighted by molar-refractivity contribution is -0.155. The van der Waals surface area contributed by atoms with E-state index < -0.39 is 28.2 Å². The maximum absolute atomic E-state index is 11.3. The fourth-order valence-corrected chi connectivity index (χ4v) is 0.988. The summed E-state index contributed by atoms with van der Waals surface area (Å²) in [6.45, 7) is 3.20. The molecule has 2 amide bonds. The number of halogens is 1. The monoisotopic (exact) mass is 263 g/mol. The minimum absolute atomic E-state index is 0.0896. The summed E-state index contributed by atoms with van der Waals surface area (Å²) in [5.74, 6) is -1.53. The van der Waals surface area contributed by atoms with Crippen molar-refractivity contribution in [1.29, 1.82) is 0 Å². The Kier molecular flexibility index (Phi) is 2.94. The van der Waals surface area contributed by atoms with Crippen LogP contribution in [0.4, 0.5) is 0 Å². The van der Waals surface area contributed by atoms with E-state index in [0.29, 0.717) is 0 Å². The Morgan fingerprint density at radius 1 is 1.57 bits per heavy atom. The molecule has 5 nitrogen and oxygen atoms in total. The van der Waals surface area contributed by atoms with Crippen molar-refractivity contribution in [2.75, 3.05) is 0 Å². The minimum Gasteiger partial charge on any atom is -0.451 e. The highest BCUT2D eigenvalue weighted by Crippen LogP contribution is 2.20. The van der Waals surface area contributed by atoms with Crippen molar-refractivity contribution in [1.82, 2.24) is 5.32 Å². The highest BCUT2D eigenvalue weighted by atomic mass is 79.9. The van der Waals surface area contributed by atoms with Crippen molar-refractivity contribution >= 4 is 33.7 Å². The summed E-state index contributed by atoms with van der Waals surface area (Å²) in [6.07, 6.45) is -1.07. The van der Waals surface area contributed by atoms with Crippen LogP contribution in [0, 0.1) is 0 Å². The minimum atomic E-state index is -0.980. The van der Waals surface area contributed by atoms with Gasteiger partial charge in [0.25, 0.3) is 5.91 Å². The van der Waals surface area contributed by atoms with Crippen LogP contribution >= 0.6 is 15.9 Å². The molecule has 14 heavy (non-hydrogen) atoms. The number of alkyl halides is 1. The molecule has 1 N–H and O–H groups in total. The number of hydrogen-bond acceptors (Lipinski definition) is 4. The molecule has 6 heteroatoms. The molecule has 1 unspecified atom stereocenters. The van der Waals surface area contributed by atoms with Crippen molar-refractivity contribution in [3.05, 3.63) is 0 Å². The third-order valence-electron chi connectivity index (χ3n) is 1.66. The first-order valence-corrected chi connectivity index (χ1v) is 4.83. The van der Waals surface area contributed by atoms with Crippen LogP contribution in [0.1, 0.15) is 20.3 Å². The largest absolute Gasteiger partial charge is 0.451 e. The maximum atomic E-state index is 11.3. The Balaban J connectivity index is 2.58. The summed E-state index contributed by atoms with van der Waals surface area (Å²) >= 11 is 3.10. The molecule has 1 fully saturated rings. The first kappa shape index (κ1) is 11.2. The van der Waals surface area contributed by atoms with E-state index in [0.717, 1.165) is 0 Å². The van der Waals surface area contributed by atoms with Gasteiger partial charge in [-0.1, -0.05) is 15.9 Å². The van der Waals surface area contributed by atoms with Gasteiger partial charge in [0.05, 0.1) is 6.42 Å². The van der Waals surface area contributed by atoms with Crippen molar-refractivity contribution < 1.29 is 19.1 Å². The number of rotatable bonds is 2. The molecule has 0 radical (unpaired) electrons. The lowest BCUT2D eigenvalue weighted by Crippen LogP contribution is -2.34. The van der Waals surface area contributed by atoms with Gasteiger partial charge in [-0.25, -0.2) is 0 Å². The van der Waals surface area contributed by atoms with E-state index in [2.05, 4.69) is 21.2 Å². The molecule has 0 aromatic heterocycles. The van der Waals surface area contributed by atoms with E-state index in [1.807, 2.05) is 0 Å². The smallest absolute Gasteiger partial charge is 0.323 e. The summed E-state index contributed by atoms with van der Waals surface area (Å²) in [5, 5.41) is 2.05. The zero-order valence-corrected chi connectivity index (χ0v) is 9.38. The second-order valence-corrected chi connectivity index (χ2v) is 5.47. The number of esters is 1. The Morgan fingerprint density at radius 2 is 2.14 bits per heavy atom. The summed E-state index contributed by atoms with van der Waals surface area (Å²) < 4.78 is 3.99. The molecule has 0 bridgehead atoms. The Morgan fingerprint density at radius 3 is 2.50 bits per heavy atom. The van der Waals surface area contributed by atoms with E-state index in [1.54, 1.807) is 13.8 Å². The third-order valence-corrected chi connectivity index (χ3v) is 1.98. The molecule has 1 saturated heterocycles. The predicted octanol–water partition coefficient (Wildman–Crippen LogP) is 0.118. The summed E-state index contributed by atoms with van der Waals surface area (Å²) in [4.78, 5) is 33.1. The molecule has 1 atom stereocenters. The van der Waals surface area contributed by atoms with Gasteiger partial charge >= 0.3 is 5.97 Å². The van der Waals surface area contributed by atoms with Crippen LogP contribution in [-0.2, 0) is 19.1 Å². The molecule has 1 aliphatic rings. The fourth-order valence-electron chi connectivity index (χ4n) is 0.895. The predicted molar refractivity (Wildman–Crippen MR) is 50.7 cm³/mol. The van der Waals surface area contributed by atoms with E-state index >= 15 is 0 Å². The van der Waals surface area contributed by atoms with Crippen LogP contribution in [0.2, 0.25) is 0 Å². The average molecular weight is 264 g/mol. The van der Waals surface area contributed by atoms with E-state index in [9.17, 15) is 14.4 Å². The quantitative estimate of drug-likeness (QED) is 0.436. The van der Waals surface area contributed by atoms with Crippen LogP contribution in [0.15, 0.2) is 0 Å². The van der Waals surface area contributed by atoms with Crippen molar-refractivity contribution in [2.45, 2.75) is 30.7 Å². The van der Waals surface area contributed by atoms with Gasteiger partial charge in [0, 0.05) is 0 Å². The SMILES string of the molecule is CC(C)(Br)C(=O)OC1CC(=O)NC1=O. The second kappa shape index (κ2) is 3.68. The van der Waals surface area contributed by atoms with Crippen molar-refractivity contribution in [3.8, 4) is 0 Å². The topological polar surface area (TPSA) is 72.5 Å². The Hall–Kier alpha value is -0.910. The number of amides is 2. The fraction of sp³-hybridized carbons (Fsp3) is 0.625. The summed E-state index contributed by atoms with van der Waals surface area (Å²) in [6, 6.07) is 0. The highest BCUT2D eigenvalue weighted by molar-refractivity contribution is 9.10. The number of carbonyl (C=O) groups is 3. The van der Waals surface area contributed by atoms with Gasteiger partial charge in [0.2, 0.25) is 5.91 Å². The molecule has 0 saturated carbocycles. The third kappa shape index (κ3) is 2.54. The molecular weight excluding hydrogens is 254 g/mol. The zero-order chi connectivity index (χ0) is 10.9. The van der Waals surface area contributed by atoms with Gasteiger partial charge in [-0.2, -0.15) is 0 Å². The summed E-state index contributed by atoms with van der Waals surface area (Å²) in [5.41, 5.74) is 0. The van der Waals surface area contributed by atoms with Gasteiger partial charge in [-0.05, 0) is 13.8 Å². The normalized spacial score (nSPS) is 22.1. The first-order valence-electron chi connectivity index (χ1n) is 4.04. The molecule has 78 valence electrons. The molecule has 0 aromatic rings. The lowest BCUT2D eigenvalue weighted by atomic mass is 10.2. The van der Waals surface area contributed by atoms with Gasteiger partial charge in [-0.15, -0.1) is 0 Å². The van der Waals surface area contributed by atoms with Crippen LogP contribution in [0.25, 0.3) is 0 Å². The number of hydrogen-bond donors (Lipinski definition) is 1. The number of carbonyl (C=O) groups excluding carboxylic acids is 3. The second-order valence-electron chi connectivity index (χ2n) is 3.48. The van der Waals surface area contributed by atoms with Gasteiger partial charge in [0.15, 0.2) is 6.10 Å². The number of nitrogens with one attached hydrogen (secondary N) is 1. The average Bonchev–Trinajstić information content (AvgIpc) is 2.28. The molecule has 0 spiro atoms. The van der Waals surface area contributed by atoms with Gasteiger partial charge < -0.3 is 4.74 Å². The van der Waals surface area contributed by atoms with E-state index in [4.69, 9.17) is 4.74 Å². The molecule has 1 heterocycles. The molecular formula is C8H10BrNO4. The zero-order valence-electron chi connectivity index (χ0n) is 7.80. The maximum Gasteiger partial charge on any atom is 0.323 e. The van der Waals surface area contributed by atoms with Crippen molar-refractivity contribution in [3.63, 3.8) is 0 Å². The molecule has 1 rings (SSSR count). The van der Waals surface area contributed by atoms with Gasteiger partial charge in [0.1, 0.15) is 4.32 Å². The van der Waals surface area contributed by atoms with Crippen LogP contribution in [0.5, 0.6) is 0 Å². The number of imide groups is 1. The number of ether oxygens (including phenoxy) is 1. The van der Waals surface area contributed by atoms with Gasteiger partial charge in [-0.3, -0.25) is 19.7 Å². The Labute approximate surface area is 89.3 Å². The van der Waals surface area contributed by atoms with Crippen molar-refractivity contribution in [2.24, 2.45) is 0 Å². The van der Waals surface area contributed by atoms with Crippen LogP contribution in [0.3, 0.4) is 0 Å². The lowest BCUT2D eigenvalue weighted by Gasteiger charge is -2.16. The first-order chi connectivity index (χ1) is 6.30. The molecule has 0 aromatic carbocycles. The Bertz CT molecular complexity index is 294. The highest BCUT2D eigenvalue weighted by Gasteiger charge is 2.37. The van der Waals surface area contributed by atoms with Crippen LogP contribution < -0.4 is 5.32 Å². The molecule has 0 aliphatic carbocycles. The summed E-state index contributed by atoms with van der Waals surface area (Å²) in [7, 11) is 0. The van der Waals surface area contributed by atoms with E-state index in [1.165, 1.54) is 0 Å². The van der Waals surface area contributed by atoms with Crippen LogP contribution in [-0.4, -0.2) is 28.2 Å². The standard InChI is InChI=1S/C8H10BrNO4/c1-8(2,9)7(13)14-4-3-5(11)10-6(4)12/h4H,3H2,1-2H3,(H,10,11,12).